The van der Waals surface area contributed by atoms with Crippen molar-refractivity contribution in [3.63, 3.8) is 0 Å². The number of hydrogen-bond donors (Lipinski definition) is 1. The summed E-state index contributed by atoms with van der Waals surface area (Å²) in [5, 5.41) is 2.70. The van der Waals surface area contributed by atoms with E-state index in [0.29, 0.717) is 31.0 Å². The van der Waals surface area contributed by atoms with Gasteiger partial charge in [0, 0.05) is 18.5 Å². The van der Waals surface area contributed by atoms with Gasteiger partial charge in [-0.1, -0.05) is 6.07 Å². The highest BCUT2D eigenvalue weighted by Crippen LogP contribution is 2.15. The van der Waals surface area contributed by atoms with Crippen molar-refractivity contribution >= 4 is 21.4 Å². The van der Waals surface area contributed by atoms with Gasteiger partial charge >= 0.3 is 0 Å². The fraction of sp³-hybridized carbons (Fsp3) is 0.316. The number of carbonyl (C=O) groups excluding carboxylic acids is 1. The molecule has 2 rings (SSSR count). The summed E-state index contributed by atoms with van der Waals surface area (Å²) >= 11 is 0. The minimum atomic E-state index is -3.32. The molecule has 0 aliphatic rings. The van der Waals surface area contributed by atoms with Gasteiger partial charge in [0.2, 0.25) is 5.91 Å². The predicted molar refractivity (Wildman–Crippen MR) is 102 cm³/mol. The highest BCUT2D eigenvalue weighted by molar-refractivity contribution is 7.90. The van der Waals surface area contributed by atoms with Gasteiger partial charge in [-0.05, 0) is 55.9 Å². The molecule has 0 aliphatic carbocycles. The normalized spacial score (nSPS) is 11.4. The summed E-state index contributed by atoms with van der Waals surface area (Å²) in [6, 6.07) is 12.0. The minimum Gasteiger partial charge on any atom is -0.494 e. The molecule has 0 aromatic heterocycles. The van der Waals surface area contributed by atoms with Crippen LogP contribution < -0.4 is 10.1 Å². The molecule has 2 aromatic rings. The van der Waals surface area contributed by atoms with Crippen LogP contribution in [-0.2, 0) is 14.6 Å². The van der Waals surface area contributed by atoms with Crippen molar-refractivity contribution in [2.75, 3.05) is 38.3 Å². The smallest absolute Gasteiger partial charge is 0.238 e. The van der Waals surface area contributed by atoms with Crippen molar-refractivity contribution in [1.29, 1.82) is 0 Å². The second-order valence-electron chi connectivity index (χ2n) is 6.24. The lowest BCUT2D eigenvalue weighted by atomic mass is 10.3. The molecule has 0 spiro atoms. The maximum atomic E-state index is 12.8. The number of benzene rings is 2. The summed E-state index contributed by atoms with van der Waals surface area (Å²) in [6.07, 6.45) is 1.82. The van der Waals surface area contributed by atoms with E-state index >= 15 is 0 Å². The van der Waals surface area contributed by atoms with Crippen LogP contribution in [0.25, 0.3) is 0 Å². The molecule has 0 atom stereocenters. The maximum Gasteiger partial charge on any atom is 0.238 e. The van der Waals surface area contributed by atoms with E-state index in [4.69, 9.17) is 4.74 Å². The van der Waals surface area contributed by atoms with Crippen LogP contribution in [0, 0.1) is 5.82 Å². The summed E-state index contributed by atoms with van der Waals surface area (Å²) in [6.45, 7) is 1.26. The Hall–Kier alpha value is -2.45. The topological polar surface area (TPSA) is 75.7 Å². The van der Waals surface area contributed by atoms with Crippen molar-refractivity contribution in [2.45, 2.75) is 11.3 Å². The van der Waals surface area contributed by atoms with E-state index < -0.39 is 9.84 Å². The van der Waals surface area contributed by atoms with Crippen LogP contribution in [0.4, 0.5) is 10.1 Å². The highest BCUT2D eigenvalue weighted by atomic mass is 32.2. The number of rotatable bonds is 9. The molecule has 6 nitrogen and oxygen atoms in total. The molecule has 0 unspecified atom stereocenters. The molecule has 27 heavy (non-hydrogen) atoms. The van der Waals surface area contributed by atoms with E-state index in [9.17, 15) is 17.6 Å². The Bertz CT molecular complexity index is 870. The Balaban J connectivity index is 1.73. The third-order valence-electron chi connectivity index (χ3n) is 3.73. The van der Waals surface area contributed by atoms with Crippen molar-refractivity contribution in [1.82, 2.24) is 4.90 Å². The molecule has 1 amide bonds. The fourth-order valence-electron chi connectivity index (χ4n) is 2.38. The third kappa shape index (κ3) is 7.36. The van der Waals surface area contributed by atoms with E-state index in [0.717, 1.165) is 6.26 Å². The highest BCUT2D eigenvalue weighted by Gasteiger charge is 2.10. The number of halogens is 1. The molecule has 2 aromatic carbocycles. The summed E-state index contributed by atoms with van der Waals surface area (Å²) in [4.78, 5) is 14.1. The number of likely N-dealkylation sites (N-methyl/N-ethyl adjacent to an activating group) is 1. The molecule has 0 fully saturated rings. The molecule has 0 saturated carbocycles. The van der Waals surface area contributed by atoms with E-state index in [1.165, 1.54) is 24.3 Å². The van der Waals surface area contributed by atoms with Crippen molar-refractivity contribution in [2.24, 2.45) is 0 Å². The lowest BCUT2D eigenvalue weighted by Gasteiger charge is -2.16. The zero-order valence-corrected chi connectivity index (χ0v) is 16.1. The number of carbonyl (C=O) groups is 1. The zero-order valence-electron chi connectivity index (χ0n) is 15.3. The van der Waals surface area contributed by atoms with E-state index in [1.54, 1.807) is 24.3 Å². The molecular weight excluding hydrogens is 371 g/mol. The summed E-state index contributed by atoms with van der Waals surface area (Å²) in [5.41, 5.74) is 0.441. The number of amides is 1. The molecule has 1 N–H and O–H groups in total. The van der Waals surface area contributed by atoms with Crippen LogP contribution in [0.5, 0.6) is 5.75 Å². The Kier molecular flexibility index (Phi) is 7.32. The fourth-order valence-corrected chi connectivity index (χ4v) is 3.05. The molecular formula is C19H23FN2O4S. The Morgan fingerprint density at radius 1 is 1.19 bits per heavy atom. The van der Waals surface area contributed by atoms with Crippen LogP contribution in [0.3, 0.4) is 0 Å². The first-order chi connectivity index (χ1) is 12.7. The third-order valence-corrected chi connectivity index (χ3v) is 4.84. The number of anilines is 1. The minimum absolute atomic E-state index is 0.159. The van der Waals surface area contributed by atoms with Gasteiger partial charge in [-0.15, -0.1) is 0 Å². The summed E-state index contributed by atoms with van der Waals surface area (Å²) < 4.78 is 41.4. The van der Waals surface area contributed by atoms with Gasteiger partial charge in [0.1, 0.15) is 11.6 Å². The van der Waals surface area contributed by atoms with Gasteiger partial charge in [-0.2, -0.15) is 0 Å². The standard InChI is InChI=1S/C19H23FN2O4S/c1-22(11-4-12-26-17-9-7-15(20)8-10-17)14-19(23)21-16-5-3-6-18(13-16)27(2,24)25/h3,5-10,13H,4,11-12,14H2,1-2H3,(H,21,23). The van der Waals surface area contributed by atoms with Crippen molar-refractivity contribution < 1.29 is 22.3 Å². The lowest BCUT2D eigenvalue weighted by Crippen LogP contribution is -2.31. The van der Waals surface area contributed by atoms with Gasteiger partial charge in [-0.25, -0.2) is 12.8 Å². The van der Waals surface area contributed by atoms with Gasteiger partial charge < -0.3 is 10.1 Å². The Labute approximate surface area is 158 Å². The van der Waals surface area contributed by atoms with Gasteiger partial charge in [0.15, 0.2) is 9.84 Å². The van der Waals surface area contributed by atoms with E-state index in [-0.39, 0.29) is 23.2 Å². The van der Waals surface area contributed by atoms with Crippen LogP contribution in [0.2, 0.25) is 0 Å². The summed E-state index contributed by atoms with van der Waals surface area (Å²) in [7, 11) is -1.51. The van der Waals surface area contributed by atoms with Crippen LogP contribution in [0.15, 0.2) is 53.4 Å². The monoisotopic (exact) mass is 394 g/mol. The number of sulfone groups is 1. The van der Waals surface area contributed by atoms with Crippen LogP contribution in [-0.4, -0.2) is 52.2 Å². The van der Waals surface area contributed by atoms with Gasteiger partial charge in [0.25, 0.3) is 0 Å². The number of nitrogens with one attached hydrogen (secondary N) is 1. The SMILES string of the molecule is CN(CCCOc1ccc(F)cc1)CC(=O)Nc1cccc(S(C)(=O)=O)c1. The quantitative estimate of drug-likeness (QED) is 0.662. The summed E-state index contributed by atoms with van der Waals surface area (Å²) in [5.74, 6) is 0.0559. The molecule has 0 aliphatic heterocycles. The maximum absolute atomic E-state index is 12.8. The second kappa shape index (κ2) is 9.48. The van der Waals surface area contributed by atoms with E-state index in [1.807, 2.05) is 11.9 Å². The average Bonchev–Trinajstić information content (AvgIpc) is 2.59. The first kappa shape index (κ1) is 20.9. The molecule has 8 heteroatoms. The molecule has 0 heterocycles. The number of nitrogens with zero attached hydrogens (tertiary/aromatic N) is 1. The number of ether oxygens (including phenoxy) is 1. The van der Waals surface area contributed by atoms with Crippen LogP contribution >= 0.6 is 0 Å². The van der Waals surface area contributed by atoms with Gasteiger partial charge in [0.05, 0.1) is 18.0 Å². The number of hydrogen-bond acceptors (Lipinski definition) is 5. The zero-order chi connectivity index (χ0) is 19.9. The molecule has 146 valence electrons. The first-order valence-corrected chi connectivity index (χ1v) is 10.3. The van der Waals surface area contributed by atoms with Crippen molar-refractivity contribution in [3.05, 3.63) is 54.3 Å². The van der Waals surface area contributed by atoms with Gasteiger partial charge in [-0.3, -0.25) is 9.69 Å². The molecule has 0 bridgehead atoms. The average molecular weight is 394 g/mol. The Morgan fingerprint density at radius 2 is 1.89 bits per heavy atom. The largest absolute Gasteiger partial charge is 0.494 e. The lowest BCUT2D eigenvalue weighted by molar-refractivity contribution is -0.117. The molecule has 0 saturated heterocycles. The first-order valence-electron chi connectivity index (χ1n) is 8.41. The van der Waals surface area contributed by atoms with E-state index in [2.05, 4.69) is 5.32 Å². The predicted octanol–water partition coefficient (Wildman–Crippen LogP) is 2.57. The second-order valence-corrected chi connectivity index (χ2v) is 8.26. The molecule has 0 radical (unpaired) electrons. The Morgan fingerprint density at radius 3 is 2.56 bits per heavy atom. The van der Waals surface area contributed by atoms with Crippen LogP contribution in [0.1, 0.15) is 6.42 Å². The van der Waals surface area contributed by atoms with Crippen molar-refractivity contribution in [3.8, 4) is 5.75 Å².